The molecule has 0 spiro atoms. The van der Waals surface area contributed by atoms with Crippen LogP contribution in [0.4, 0.5) is 0 Å². The van der Waals surface area contributed by atoms with Crippen molar-refractivity contribution in [1.29, 1.82) is 0 Å². The van der Waals surface area contributed by atoms with Crippen LogP contribution in [0.25, 0.3) is 0 Å². The van der Waals surface area contributed by atoms with E-state index < -0.39 is 59.9 Å². The average Bonchev–Trinajstić information content (AvgIpc) is 3.43. The molecule has 79 heavy (non-hydrogen) atoms. The lowest BCUT2D eigenvalue weighted by Crippen LogP contribution is -2.61. The highest BCUT2D eigenvalue weighted by atomic mass is 32.3. The Bertz CT molecular complexity index is 1440. The Morgan fingerprint density at radius 1 is 0.494 bits per heavy atom. The van der Waals surface area contributed by atoms with E-state index in [1.54, 1.807) is 6.08 Å². The maximum Gasteiger partial charge on any atom is 0.397 e. The van der Waals surface area contributed by atoms with E-state index in [4.69, 9.17) is 9.47 Å². The molecular formula is C66H129NO11S. The van der Waals surface area contributed by atoms with Crippen molar-refractivity contribution in [3.8, 4) is 0 Å². The Labute approximate surface area is 487 Å². The summed E-state index contributed by atoms with van der Waals surface area (Å²) in [6.45, 7) is 3.46. The summed E-state index contributed by atoms with van der Waals surface area (Å²) in [6, 6.07) is -0.941. The summed E-state index contributed by atoms with van der Waals surface area (Å²) in [6.07, 6.45) is 61.4. The van der Waals surface area contributed by atoms with Gasteiger partial charge in [-0.15, -0.1) is 0 Å². The van der Waals surface area contributed by atoms with Crippen LogP contribution in [-0.2, 0) is 28.9 Å². The van der Waals surface area contributed by atoms with Gasteiger partial charge in [0.2, 0.25) is 5.91 Å². The number of hydrogen-bond donors (Lipinski definition) is 6. The van der Waals surface area contributed by atoms with Crippen LogP contribution in [0.3, 0.4) is 0 Å². The molecule has 0 radical (unpaired) electrons. The summed E-state index contributed by atoms with van der Waals surface area (Å²) in [7, 11) is -5.09. The molecule has 0 saturated carbocycles. The van der Waals surface area contributed by atoms with Gasteiger partial charge in [0.15, 0.2) is 6.29 Å². The van der Waals surface area contributed by atoms with Gasteiger partial charge in [0.25, 0.3) is 0 Å². The van der Waals surface area contributed by atoms with Crippen molar-refractivity contribution in [2.75, 3.05) is 13.2 Å². The van der Waals surface area contributed by atoms with E-state index in [1.165, 1.54) is 283 Å². The molecule has 7 unspecified atom stereocenters. The standard InChI is InChI=1S/C66H129NO11S/c1-3-5-7-9-11-13-15-17-19-21-23-25-26-27-28-29-30-31-32-33-34-35-36-38-40-42-44-46-48-50-52-54-56-62(70)67-59(58-76-66-64(72)65(78-79(73,74)75)63(71)61(57-68)77-66)60(69)55-53-51-49-47-45-43-41-39-37-24-22-20-18-16-14-12-10-8-6-4-2/h53,55,59-61,63-66,68-69,71-72H,3-52,54,56-58H2,1-2H3,(H,67,70)(H,73,74,75)/b55-53+. The first-order chi connectivity index (χ1) is 38.5. The van der Waals surface area contributed by atoms with Gasteiger partial charge in [0.1, 0.15) is 24.4 Å². The summed E-state index contributed by atoms with van der Waals surface area (Å²) < 4.78 is 48.0. The Morgan fingerprint density at radius 2 is 0.797 bits per heavy atom. The number of carbonyl (C=O) groups excluding carboxylic acids is 1. The summed E-state index contributed by atoms with van der Waals surface area (Å²) >= 11 is 0. The molecule has 12 nitrogen and oxygen atoms in total. The number of rotatable bonds is 61. The van der Waals surface area contributed by atoms with Crippen LogP contribution in [0.2, 0.25) is 0 Å². The lowest BCUT2D eigenvalue weighted by molar-refractivity contribution is -0.298. The second-order valence-corrected chi connectivity index (χ2v) is 25.2. The lowest BCUT2D eigenvalue weighted by Gasteiger charge is -2.41. The van der Waals surface area contributed by atoms with Crippen molar-refractivity contribution < 1.29 is 51.8 Å². The molecule has 0 aromatic heterocycles. The monoisotopic (exact) mass is 1140 g/mol. The van der Waals surface area contributed by atoms with E-state index in [-0.39, 0.29) is 18.9 Å². The summed E-state index contributed by atoms with van der Waals surface area (Å²) in [5.74, 6) is -0.253. The zero-order chi connectivity index (χ0) is 57.5. The van der Waals surface area contributed by atoms with Crippen LogP contribution >= 0.6 is 0 Å². The highest BCUT2D eigenvalue weighted by Gasteiger charge is 2.48. The average molecular weight is 1140 g/mol. The maximum absolute atomic E-state index is 13.2. The predicted octanol–water partition coefficient (Wildman–Crippen LogP) is 17.4. The first-order valence-corrected chi connectivity index (χ1v) is 35.4. The van der Waals surface area contributed by atoms with Crippen molar-refractivity contribution in [2.45, 2.75) is 391 Å². The molecule has 6 N–H and O–H groups in total. The molecule has 0 bridgehead atoms. The Balaban J connectivity index is 2.23. The number of allylic oxidation sites excluding steroid dienone is 1. The summed E-state index contributed by atoms with van der Waals surface area (Å²) in [4.78, 5) is 13.2. The number of amides is 1. The summed E-state index contributed by atoms with van der Waals surface area (Å²) in [5, 5.41) is 45.1. The molecule has 1 amide bonds. The van der Waals surface area contributed by atoms with E-state index in [0.29, 0.717) is 6.42 Å². The SMILES string of the molecule is CCCCCCCCCCCCCCCCCCCC/C=C/C(O)C(COC1OC(CO)C(O)C(OS(=O)(=O)O)C1O)NC(=O)CCCCCCCCCCCCCCCCCCCCCCCCCCCCCCCCCC. The van der Waals surface area contributed by atoms with E-state index >= 15 is 0 Å². The molecular weight excluding hydrogens is 1010 g/mol. The van der Waals surface area contributed by atoms with Crippen LogP contribution in [0.5, 0.6) is 0 Å². The molecule has 0 aromatic rings. The smallest absolute Gasteiger partial charge is 0.394 e. The highest BCUT2D eigenvalue weighted by molar-refractivity contribution is 7.80. The molecule has 0 aromatic carbocycles. The van der Waals surface area contributed by atoms with Gasteiger partial charge in [0, 0.05) is 6.42 Å². The van der Waals surface area contributed by atoms with Gasteiger partial charge in [-0.3, -0.25) is 9.35 Å². The first-order valence-electron chi connectivity index (χ1n) is 34.1. The number of carbonyl (C=O) groups is 1. The van der Waals surface area contributed by atoms with Gasteiger partial charge in [-0.2, -0.15) is 8.42 Å². The number of aliphatic hydroxyl groups is 4. The van der Waals surface area contributed by atoms with E-state index in [0.717, 1.165) is 38.5 Å². The molecule has 0 aliphatic carbocycles. The van der Waals surface area contributed by atoms with E-state index in [9.17, 15) is 38.2 Å². The minimum Gasteiger partial charge on any atom is -0.394 e. The lowest BCUT2D eigenvalue weighted by atomic mass is 9.99. The van der Waals surface area contributed by atoms with Gasteiger partial charge in [-0.25, -0.2) is 4.18 Å². The van der Waals surface area contributed by atoms with Crippen LogP contribution < -0.4 is 5.32 Å². The molecule has 1 aliphatic heterocycles. The molecule has 1 aliphatic rings. The molecule has 1 saturated heterocycles. The quantitative estimate of drug-likeness (QED) is 0.0193. The highest BCUT2D eigenvalue weighted by Crippen LogP contribution is 2.26. The van der Waals surface area contributed by atoms with Gasteiger partial charge < -0.3 is 35.2 Å². The molecule has 1 rings (SSSR count). The van der Waals surface area contributed by atoms with Crippen molar-refractivity contribution in [3.05, 3.63) is 12.2 Å². The zero-order valence-corrected chi connectivity index (χ0v) is 52.3. The Kier molecular flexibility index (Phi) is 53.8. The number of unbranched alkanes of at least 4 members (excludes halogenated alkanes) is 49. The predicted molar refractivity (Wildman–Crippen MR) is 329 cm³/mol. The minimum atomic E-state index is -5.09. The molecule has 470 valence electrons. The van der Waals surface area contributed by atoms with Gasteiger partial charge in [-0.1, -0.05) is 334 Å². The second-order valence-electron chi connectivity index (χ2n) is 24.1. The van der Waals surface area contributed by atoms with Crippen molar-refractivity contribution in [1.82, 2.24) is 5.32 Å². The van der Waals surface area contributed by atoms with Crippen LogP contribution in [0, 0.1) is 0 Å². The fourth-order valence-corrected chi connectivity index (χ4v) is 11.9. The molecule has 1 heterocycles. The molecule has 13 heteroatoms. The zero-order valence-electron chi connectivity index (χ0n) is 51.5. The third-order valence-corrected chi connectivity index (χ3v) is 17.0. The van der Waals surface area contributed by atoms with Gasteiger partial charge in [-0.05, 0) is 19.3 Å². The Morgan fingerprint density at radius 3 is 1.10 bits per heavy atom. The van der Waals surface area contributed by atoms with Crippen LogP contribution in [-0.4, -0.2) is 95.4 Å². The molecule has 1 fully saturated rings. The number of aliphatic hydroxyl groups excluding tert-OH is 4. The number of hydrogen-bond acceptors (Lipinski definition) is 10. The van der Waals surface area contributed by atoms with Gasteiger partial charge in [0.05, 0.1) is 25.4 Å². The van der Waals surface area contributed by atoms with Gasteiger partial charge >= 0.3 is 10.4 Å². The fraction of sp³-hybridized carbons (Fsp3) is 0.955. The second kappa shape index (κ2) is 56.0. The first kappa shape index (κ1) is 75.9. The largest absolute Gasteiger partial charge is 0.397 e. The Hall–Kier alpha value is -1.16. The maximum atomic E-state index is 13.2. The topological polar surface area (TPSA) is 192 Å². The van der Waals surface area contributed by atoms with E-state index in [1.807, 2.05) is 6.08 Å². The van der Waals surface area contributed by atoms with Crippen molar-refractivity contribution >= 4 is 16.3 Å². The minimum absolute atomic E-state index is 0.253. The third-order valence-electron chi connectivity index (χ3n) is 16.6. The number of nitrogens with one attached hydrogen (secondary N) is 1. The fourth-order valence-electron chi connectivity index (χ4n) is 11.3. The third kappa shape index (κ3) is 47.8. The van der Waals surface area contributed by atoms with Crippen molar-refractivity contribution in [2.24, 2.45) is 0 Å². The van der Waals surface area contributed by atoms with Crippen LogP contribution in [0.1, 0.15) is 348 Å². The summed E-state index contributed by atoms with van der Waals surface area (Å²) in [5.41, 5.74) is 0. The van der Waals surface area contributed by atoms with E-state index in [2.05, 4.69) is 23.3 Å². The normalized spacial score (nSPS) is 18.7. The van der Waals surface area contributed by atoms with Crippen LogP contribution in [0.15, 0.2) is 12.2 Å². The molecule has 7 atom stereocenters. The number of ether oxygens (including phenoxy) is 2. The van der Waals surface area contributed by atoms with Crippen molar-refractivity contribution in [3.63, 3.8) is 0 Å².